The molecule has 5 heteroatoms. The number of nitrogens with zero attached hydrogens (tertiary/aromatic N) is 2. The molecule has 4 nitrogen and oxygen atoms in total. The molecule has 1 N–H and O–H groups in total. The number of para-hydroxylation sites is 1. The van der Waals surface area contributed by atoms with Gasteiger partial charge in [0.25, 0.3) is 5.91 Å². The Morgan fingerprint density at radius 1 is 1.09 bits per heavy atom. The van der Waals surface area contributed by atoms with Gasteiger partial charge in [-0.2, -0.15) is 0 Å². The van der Waals surface area contributed by atoms with E-state index in [9.17, 15) is 4.79 Å². The number of nitrogens with one attached hydrogen (secondary N) is 1. The van der Waals surface area contributed by atoms with Crippen molar-refractivity contribution >= 4 is 29.2 Å². The molecule has 2 aromatic rings. The van der Waals surface area contributed by atoms with Gasteiger partial charge in [-0.25, -0.2) is 0 Å². The van der Waals surface area contributed by atoms with Gasteiger partial charge in [-0.15, -0.1) is 0 Å². The first-order valence-electron chi connectivity index (χ1n) is 7.18. The molecule has 112 valence electrons. The quantitative estimate of drug-likeness (QED) is 0.924. The van der Waals surface area contributed by atoms with E-state index in [1.807, 2.05) is 35.2 Å². The fourth-order valence-electron chi connectivity index (χ4n) is 2.39. The summed E-state index contributed by atoms with van der Waals surface area (Å²) < 4.78 is 0. The summed E-state index contributed by atoms with van der Waals surface area (Å²) in [6.07, 6.45) is 0.959. The zero-order valence-corrected chi connectivity index (χ0v) is 12.8. The summed E-state index contributed by atoms with van der Waals surface area (Å²) in [5.74, 6) is 0.328. The number of amides is 1. The molecule has 1 heterocycles. The molecule has 1 amide bonds. The Morgan fingerprint density at radius 2 is 1.82 bits per heavy atom. The van der Waals surface area contributed by atoms with Gasteiger partial charge in [-0.1, -0.05) is 41.9 Å². The summed E-state index contributed by atoms with van der Waals surface area (Å²) in [5, 5.41) is 3.31. The van der Waals surface area contributed by atoms with Crippen LogP contribution in [0.5, 0.6) is 0 Å². The second-order valence-corrected chi connectivity index (χ2v) is 5.39. The number of hydrogen-bond donors (Lipinski definition) is 1. The summed E-state index contributed by atoms with van der Waals surface area (Å²) >= 11 is 6.08. The average Bonchev–Trinajstić information content (AvgIpc) is 2.56. The van der Waals surface area contributed by atoms with E-state index in [-0.39, 0.29) is 5.91 Å². The van der Waals surface area contributed by atoms with Crippen LogP contribution in [0.3, 0.4) is 0 Å². The van der Waals surface area contributed by atoms with Crippen molar-refractivity contribution in [2.24, 2.45) is 4.99 Å². The predicted octanol–water partition coefficient (Wildman–Crippen LogP) is 3.34. The lowest BCUT2D eigenvalue weighted by Crippen LogP contribution is -2.47. The molecule has 0 unspecified atom stereocenters. The molecule has 0 spiro atoms. The molecule has 0 saturated heterocycles. The van der Waals surface area contributed by atoms with Gasteiger partial charge in [0.05, 0.1) is 10.6 Å². The first-order chi connectivity index (χ1) is 10.8. The van der Waals surface area contributed by atoms with Crippen LogP contribution >= 0.6 is 11.6 Å². The molecule has 0 bridgehead atoms. The minimum absolute atomic E-state index is 0.243. The maximum atomic E-state index is 12.4. The van der Waals surface area contributed by atoms with E-state index >= 15 is 0 Å². The third-order valence-corrected chi connectivity index (χ3v) is 3.80. The number of hydrogen-bond acceptors (Lipinski definition) is 3. The normalized spacial score (nSPS) is 14.4. The van der Waals surface area contributed by atoms with Gasteiger partial charge < -0.3 is 4.90 Å². The van der Waals surface area contributed by atoms with Crippen LogP contribution in [0, 0.1) is 0 Å². The van der Waals surface area contributed by atoms with Crippen LogP contribution in [-0.4, -0.2) is 25.0 Å². The molecule has 1 aliphatic rings. The third kappa shape index (κ3) is 3.12. The Bertz CT molecular complexity index is 700. The van der Waals surface area contributed by atoms with E-state index in [4.69, 9.17) is 11.6 Å². The van der Waals surface area contributed by atoms with Crippen molar-refractivity contribution in [2.75, 3.05) is 18.0 Å². The lowest BCUT2D eigenvalue weighted by Gasteiger charge is -2.29. The Labute approximate surface area is 134 Å². The topological polar surface area (TPSA) is 44.7 Å². The number of carbonyl (C=O) groups is 1. The highest BCUT2D eigenvalue weighted by molar-refractivity contribution is 6.34. The van der Waals surface area contributed by atoms with Crippen molar-refractivity contribution in [2.45, 2.75) is 6.42 Å². The van der Waals surface area contributed by atoms with Gasteiger partial charge in [0, 0.05) is 18.8 Å². The van der Waals surface area contributed by atoms with E-state index in [1.54, 1.807) is 24.3 Å². The second kappa shape index (κ2) is 6.62. The van der Waals surface area contributed by atoms with Gasteiger partial charge in [-0.05, 0) is 30.7 Å². The molecule has 0 atom stereocenters. The number of carbonyl (C=O) groups excluding carboxylic acids is 1. The average molecular weight is 314 g/mol. The molecular formula is C17H16ClN3O. The summed E-state index contributed by atoms with van der Waals surface area (Å²) in [4.78, 5) is 18.9. The fraction of sp³-hybridized carbons (Fsp3) is 0.176. The summed E-state index contributed by atoms with van der Waals surface area (Å²) in [7, 11) is 0. The van der Waals surface area contributed by atoms with Gasteiger partial charge in [0.1, 0.15) is 0 Å². The molecule has 0 aromatic heterocycles. The first-order valence-corrected chi connectivity index (χ1v) is 7.56. The van der Waals surface area contributed by atoms with E-state index in [1.165, 1.54) is 0 Å². The fourth-order valence-corrected chi connectivity index (χ4v) is 2.61. The van der Waals surface area contributed by atoms with Crippen LogP contribution < -0.4 is 10.2 Å². The highest BCUT2D eigenvalue weighted by Gasteiger charge is 2.20. The smallest absolute Gasteiger partial charge is 0.259 e. The maximum Gasteiger partial charge on any atom is 0.259 e. The SMILES string of the molecule is O=C(NC1=NCCCN1c1ccccc1)c1ccccc1Cl. The predicted molar refractivity (Wildman–Crippen MR) is 89.6 cm³/mol. The van der Waals surface area contributed by atoms with E-state index < -0.39 is 0 Å². The number of halogens is 1. The van der Waals surface area contributed by atoms with Gasteiger partial charge >= 0.3 is 0 Å². The van der Waals surface area contributed by atoms with Crippen molar-refractivity contribution in [1.82, 2.24) is 5.32 Å². The van der Waals surface area contributed by atoms with Gasteiger partial charge in [0.15, 0.2) is 0 Å². The van der Waals surface area contributed by atoms with Crippen molar-refractivity contribution in [1.29, 1.82) is 0 Å². The van der Waals surface area contributed by atoms with E-state index in [0.717, 1.165) is 18.7 Å². The Morgan fingerprint density at radius 3 is 2.59 bits per heavy atom. The highest BCUT2D eigenvalue weighted by Crippen LogP contribution is 2.18. The van der Waals surface area contributed by atoms with Crippen LogP contribution in [0.4, 0.5) is 5.69 Å². The highest BCUT2D eigenvalue weighted by atomic mass is 35.5. The number of benzene rings is 2. The number of guanidine groups is 1. The molecule has 0 saturated carbocycles. The lowest BCUT2D eigenvalue weighted by molar-refractivity contribution is 0.0976. The van der Waals surface area contributed by atoms with Gasteiger partial charge in [0.2, 0.25) is 5.96 Å². The molecule has 0 radical (unpaired) electrons. The number of aliphatic imine (C=N–C) groups is 1. The third-order valence-electron chi connectivity index (χ3n) is 3.47. The van der Waals surface area contributed by atoms with Crippen LogP contribution in [0.1, 0.15) is 16.8 Å². The van der Waals surface area contributed by atoms with E-state index in [0.29, 0.717) is 23.1 Å². The minimum atomic E-state index is -0.243. The Hall–Kier alpha value is -2.33. The summed E-state index contributed by atoms with van der Waals surface area (Å²) in [5.41, 5.74) is 1.46. The monoisotopic (exact) mass is 313 g/mol. The van der Waals surface area contributed by atoms with Crippen molar-refractivity contribution in [3.05, 3.63) is 65.2 Å². The Balaban J connectivity index is 1.82. The van der Waals surface area contributed by atoms with Crippen molar-refractivity contribution in [3.8, 4) is 0 Å². The number of anilines is 1. The Kier molecular flexibility index (Phi) is 4.39. The second-order valence-electron chi connectivity index (χ2n) is 4.98. The molecule has 3 rings (SSSR count). The van der Waals surface area contributed by atoms with Crippen LogP contribution in [0.25, 0.3) is 0 Å². The largest absolute Gasteiger partial charge is 0.312 e. The molecule has 22 heavy (non-hydrogen) atoms. The first kappa shape index (κ1) is 14.6. The molecule has 0 fully saturated rings. The van der Waals surface area contributed by atoms with E-state index in [2.05, 4.69) is 10.3 Å². The zero-order valence-electron chi connectivity index (χ0n) is 12.0. The van der Waals surface area contributed by atoms with Crippen molar-refractivity contribution < 1.29 is 4.79 Å². The maximum absolute atomic E-state index is 12.4. The summed E-state index contributed by atoms with van der Waals surface area (Å²) in [6, 6.07) is 16.9. The van der Waals surface area contributed by atoms with Crippen LogP contribution in [0.2, 0.25) is 5.02 Å². The standard InChI is InChI=1S/C17H16ClN3O/c18-15-10-5-4-9-14(15)16(22)20-17-19-11-6-12-21(17)13-7-2-1-3-8-13/h1-5,7-10H,6,11-12H2,(H,19,20,22). The molecule has 1 aliphatic heterocycles. The molecular weight excluding hydrogens is 298 g/mol. The van der Waals surface area contributed by atoms with Crippen LogP contribution in [0.15, 0.2) is 59.6 Å². The lowest BCUT2D eigenvalue weighted by atomic mass is 10.2. The summed E-state index contributed by atoms with van der Waals surface area (Å²) in [6.45, 7) is 1.53. The van der Waals surface area contributed by atoms with Crippen molar-refractivity contribution in [3.63, 3.8) is 0 Å². The number of rotatable bonds is 2. The van der Waals surface area contributed by atoms with Crippen LogP contribution in [-0.2, 0) is 0 Å². The minimum Gasteiger partial charge on any atom is -0.312 e. The van der Waals surface area contributed by atoms with Gasteiger partial charge in [-0.3, -0.25) is 15.1 Å². The molecule has 2 aromatic carbocycles. The molecule has 0 aliphatic carbocycles. The zero-order chi connectivity index (χ0) is 15.4.